The number of ether oxygens (including phenoxy) is 1. The van der Waals surface area contributed by atoms with Crippen LogP contribution in [-0.4, -0.2) is 14.7 Å². The summed E-state index contributed by atoms with van der Waals surface area (Å²) in [5, 5.41) is 16.1. The number of fused-ring (bicyclic) bond motifs is 2. The molecule has 0 unspecified atom stereocenters. The highest BCUT2D eigenvalue weighted by molar-refractivity contribution is 5.87. The van der Waals surface area contributed by atoms with Gasteiger partial charge in [-0.1, -0.05) is 35.5 Å². The first-order chi connectivity index (χ1) is 18.1. The van der Waals surface area contributed by atoms with Gasteiger partial charge in [0.15, 0.2) is 0 Å². The number of hydrogen-bond donors (Lipinski definition) is 0. The van der Waals surface area contributed by atoms with Crippen molar-refractivity contribution in [3.05, 3.63) is 118 Å². The lowest BCUT2D eigenvalue weighted by molar-refractivity contribution is 0.394. The summed E-state index contributed by atoms with van der Waals surface area (Å²) in [4.78, 5) is 17.2. The fourth-order valence-electron chi connectivity index (χ4n) is 4.41. The largest absolute Gasteiger partial charge is 0.457 e. The second-order valence-electron chi connectivity index (χ2n) is 8.75. The maximum absolute atomic E-state index is 12.9. The number of benzene rings is 4. The zero-order valence-electron chi connectivity index (χ0n) is 19.9. The van der Waals surface area contributed by atoms with Crippen molar-refractivity contribution in [1.29, 1.82) is 5.26 Å². The van der Waals surface area contributed by atoms with Crippen molar-refractivity contribution >= 4 is 21.7 Å². The second-order valence-corrected chi connectivity index (χ2v) is 8.75. The van der Waals surface area contributed by atoms with E-state index in [9.17, 15) is 4.79 Å². The van der Waals surface area contributed by atoms with E-state index in [1.54, 1.807) is 47.9 Å². The standard InChI is InChI=1S/C30H20N4O3/c1-19-32-30(33-37-19)24-8-7-22-6-5-21(13-25(22)15-24)18-34-28-11-10-27(16-23(28)9-12-29(34)35)36-26-4-2-3-20(14-26)17-31/h2-16H,18H2,1H3. The van der Waals surface area contributed by atoms with Crippen LogP contribution in [0.1, 0.15) is 17.0 Å². The monoisotopic (exact) mass is 484 g/mol. The van der Waals surface area contributed by atoms with Crippen LogP contribution in [0.5, 0.6) is 11.5 Å². The molecule has 37 heavy (non-hydrogen) atoms. The van der Waals surface area contributed by atoms with Gasteiger partial charge in [-0.25, -0.2) is 0 Å². The van der Waals surface area contributed by atoms with E-state index < -0.39 is 0 Å². The SMILES string of the molecule is Cc1nc(-c2ccc3ccc(Cn4c(=O)ccc5cc(Oc6cccc(C#N)c6)ccc54)cc3c2)no1. The lowest BCUT2D eigenvalue weighted by Crippen LogP contribution is -2.19. The molecule has 4 aromatic carbocycles. The van der Waals surface area contributed by atoms with Crippen LogP contribution in [0.3, 0.4) is 0 Å². The zero-order chi connectivity index (χ0) is 25.4. The Hall–Kier alpha value is -5.22. The highest BCUT2D eigenvalue weighted by atomic mass is 16.5. The summed E-state index contributed by atoms with van der Waals surface area (Å²) in [6, 6.07) is 30.3. The Bertz CT molecular complexity index is 1900. The molecule has 7 nitrogen and oxygen atoms in total. The maximum Gasteiger partial charge on any atom is 0.251 e. The number of aromatic nitrogens is 3. The Kier molecular flexibility index (Phi) is 5.47. The van der Waals surface area contributed by atoms with Crippen molar-refractivity contribution < 1.29 is 9.26 Å². The summed E-state index contributed by atoms with van der Waals surface area (Å²) in [5.41, 5.74) is 3.12. The first kappa shape index (κ1) is 22.3. The molecule has 0 fully saturated rings. The Morgan fingerprint density at radius 2 is 1.73 bits per heavy atom. The molecule has 0 N–H and O–H groups in total. The summed E-state index contributed by atoms with van der Waals surface area (Å²) < 4.78 is 12.8. The minimum Gasteiger partial charge on any atom is -0.457 e. The van der Waals surface area contributed by atoms with Gasteiger partial charge >= 0.3 is 0 Å². The molecule has 0 saturated carbocycles. The van der Waals surface area contributed by atoms with E-state index in [4.69, 9.17) is 14.5 Å². The van der Waals surface area contributed by atoms with Crippen LogP contribution in [0.2, 0.25) is 0 Å². The number of pyridine rings is 1. The lowest BCUT2D eigenvalue weighted by atomic mass is 10.0. The summed E-state index contributed by atoms with van der Waals surface area (Å²) in [6.45, 7) is 2.18. The molecule has 0 amide bonds. The van der Waals surface area contributed by atoms with Gasteiger partial charge < -0.3 is 13.8 Å². The van der Waals surface area contributed by atoms with Crippen LogP contribution >= 0.6 is 0 Å². The third-order valence-electron chi connectivity index (χ3n) is 6.19. The van der Waals surface area contributed by atoms with Crippen molar-refractivity contribution in [2.24, 2.45) is 0 Å². The fraction of sp³-hybridized carbons (Fsp3) is 0.0667. The quantitative estimate of drug-likeness (QED) is 0.288. The Balaban J connectivity index is 1.33. The third kappa shape index (κ3) is 4.44. The molecule has 6 rings (SSSR count). The lowest BCUT2D eigenvalue weighted by Gasteiger charge is -2.13. The fourth-order valence-corrected chi connectivity index (χ4v) is 4.41. The smallest absolute Gasteiger partial charge is 0.251 e. The van der Waals surface area contributed by atoms with Gasteiger partial charge in [-0.05, 0) is 70.9 Å². The van der Waals surface area contributed by atoms with E-state index >= 15 is 0 Å². The van der Waals surface area contributed by atoms with Crippen molar-refractivity contribution in [2.75, 3.05) is 0 Å². The third-order valence-corrected chi connectivity index (χ3v) is 6.19. The van der Waals surface area contributed by atoms with E-state index in [0.717, 1.165) is 32.8 Å². The van der Waals surface area contributed by atoms with Crippen LogP contribution < -0.4 is 10.3 Å². The molecule has 0 aliphatic rings. The van der Waals surface area contributed by atoms with E-state index in [1.165, 1.54) is 0 Å². The summed E-state index contributed by atoms with van der Waals surface area (Å²) in [5.74, 6) is 2.27. The van der Waals surface area contributed by atoms with Gasteiger partial charge in [0.25, 0.3) is 5.56 Å². The Labute approximate surface area is 211 Å². The van der Waals surface area contributed by atoms with E-state index in [-0.39, 0.29) is 5.56 Å². The predicted molar refractivity (Wildman–Crippen MR) is 141 cm³/mol. The minimum atomic E-state index is -0.0843. The maximum atomic E-state index is 12.9. The summed E-state index contributed by atoms with van der Waals surface area (Å²) in [6.07, 6.45) is 0. The average Bonchev–Trinajstić information content (AvgIpc) is 3.36. The van der Waals surface area contributed by atoms with Crippen molar-refractivity contribution in [3.63, 3.8) is 0 Å². The van der Waals surface area contributed by atoms with Crippen LogP contribution in [-0.2, 0) is 6.54 Å². The van der Waals surface area contributed by atoms with Crippen LogP contribution in [0, 0.1) is 18.3 Å². The van der Waals surface area contributed by atoms with Gasteiger partial charge in [-0.2, -0.15) is 10.2 Å². The Morgan fingerprint density at radius 3 is 2.57 bits per heavy atom. The zero-order valence-corrected chi connectivity index (χ0v) is 19.9. The Morgan fingerprint density at radius 1 is 0.892 bits per heavy atom. The molecule has 0 saturated heterocycles. The van der Waals surface area contributed by atoms with Crippen molar-refractivity contribution in [3.8, 4) is 29.0 Å². The molecule has 2 heterocycles. The van der Waals surface area contributed by atoms with Crippen molar-refractivity contribution in [1.82, 2.24) is 14.7 Å². The number of nitriles is 1. The molecule has 6 aromatic rings. The number of hydrogen-bond acceptors (Lipinski definition) is 6. The molecular formula is C30H20N4O3. The average molecular weight is 485 g/mol. The normalized spacial score (nSPS) is 11.0. The van der Waals surface area contributed by atoms with E-state index in [0.29, 0.717) is 35.3 Å². The first-order valence-electron chi connectivity index (χ1n) is 11.7. The number of rotatable bonds is 5. The molecule has 0 spiro atoms. The van der Waals surface area contributed by atoms with Crippen LogP contribution in [0.15, 0.2) is 100 Å². The van der Waals surface area contributed by atoms with Gasteiger partial charge in [-0.3, -0.25) is 4.79 Å². The molecule has 0 aliphatic carbocycles. The second kappa shape index (κ2) is 9.10. The predicted octanol–water partition coefficient (Wildman–Crippen LogP) is 6.23. The number of nitrogens with zero attached hydrogens (tertiary/aromatic N) is 4. The molecule has 178 valence electrons. The molecule has 0 aliphatic heterocycles. The number of aryl methyl sites for hydroxylation is 1. The molecule has 0 bridgehead atoms. The van der Waals surface area contributed by atoms with Gasteiger partial charge in [0.1, 0.15) is 11.5 Å². The highest BCUT2D eigenvalue weighted by Crippen LogP contribution is 2.27. The molecule has 7 heteroatoms. The van der Waals surface area contributed by atoms with Crippen LogP contribution in [0.25, 0.3) is 33.1 Å². The van der Waals surface area contributed by atoms with E-state index in [1.807, 2.05) is 48.5 Å². The van der Waals surface area contributed by atoms with Gasteiger partial charge in [0.2, 0.25) is 11.7 Å². The van der Waals surface area contributed by atoms with Crippen molar-refractivity contribution in [2.45, 2.75) is 13.5 Å². The van der Waals surface area contributed by atoms with E-state index in [2.05, 4.69) is 22.3 Å². The van der Waals surface area contributed by atoms with Gasteiger partial charge in [0.05, 0.1) is 23.7 Å². The first-order valence-corrected chi connectivity index (χ1v) is 11.7. The molecular weight excluding hydrogens is 464 g/mol. The highest BCUT2D eigenvalue weighted by Gasteiger charge is 2.10. The minimum absolute atomic E-state index is 0.0843. The summed E-state index contributed by atoms with van der Waals surface area (Å²) in [7, 11) is 0. The molecule has 0 atom stereocenters. The van der Waals surface area contributed by atoms with Gasteiger partial charge in [-0.15, -0.1) is 0 Å². The summed E-state index contributed by atoms with van der Waals surface area (Å²) >= 11 is 0. The van der Waals surface area contributed by atoms with Crippen LogP contribution in [0.4, 0.5) is 0 Å². The topological polar surface area (TPSA) is 93.9 Å². The molecule has 0 radical (unpaired) electrons. The van der Waals surface area contributed by atoms with Gasteiger partial charge in [0, 0.05) is 23.9 Å². The molecule has 2 aromatic heterocycles.